The number of halogens is 4. The molecule has 0 aliphatic carbocycles. The third-order valence-corrected chi connectivity index (χ3v) is 2.42. The van der Waals surface area contributed by atoms with Crippen molar-refractivity contribution in [2.75, 3.05) is 11.1 Å². The number of benzene rings is 1. The molecule has 0 bridgehead atoms. The number of alkyl halides is 3. The molecule has 0 spiro atoms. The zero-order chi connectivity index (χ0) is 14.8. The number of nitrogens with one attached hydrogen (secondary N) is 1. The van der Waals surface area contributed by atoms with Crippen molar-refractivity contribution in [1.29, 1.82) is 0 Å². The Bertz CT molecular complexity index is 619. The van der Waals surface area contributed by atoms with Gasteiger partial charge in [0.05, 0.1) is 10.7 Å². The van der Waals surface area contributed by atoms with E-state index in [1.54, 1.807) is 6.07 Å². The molecule has 2 aromatic rings. The van der Waals surface area contributed by atoms with Gasteiger partial charge in [-0.05, 0) is 18.2 Å². The predicted octanol–water partition coefficient (Wildman–Crippen LogP) is 3.96. The number of hydrogen-bond donors (Lipinski definition) is 2. The second-order valence-electron chi connectivity index (χ2n) is 3.79. The Morgan fingerprint density at radius 3 is 2.65 bits per heavy atom. The third-order valence-electron chi connectivity index (χ3n) is 2.21. The highest BCUT2D eigenvalue weighted by molar-refractivity contribution is 6.30. The quantitative estimate of drug-likeness (QED) is 0.901. The molecule has 0 unspecified atom stereocenters. The molecule has 0 amide bonds. The minimum absolute atomic E-state index is 0.277. The number of nitrogens with zero attached hydrogens (tertiary/aromatic N) is 1. The van der Waals surface area contributed by atoms with Gasteiger partial charge in [0.1, 0.15) is 5.75 Å². The zero-order valence-corrected chi connectivity index (χ0v) is 10.7. The molecule has 1 aromatic carbocycles. The van der Waals surface area contributed by atoms with Crippen LogP contribution >= 0.6 is 11.6 Å². The molecule has 20 heavy (non-hydrogen) atoms. The van der Waals surface area contributed by atoms with E-state index in [1.165, 1.54) is 30.5 Å². The highest BCUT2D eigenvalue weighted by Crippen LogP contribution is 2.28. The monoisotopic (exact) mass is 303 g/mol. The summed E-state index contributed by atoms with van der Waals surface area (Å²) in [6, 6.07) is 6.82. The largest absolute Gasteiger partial charge is 0.573 e. The van der Waals surface area contributed by atoms with Crippen molar-refractivity contribution in [3.63, 3.8) is 0 Å². The van der Waals surface area contributed by atoms with Crippen molar-refractivity contribution in [1.82, 2.24) is 4.98 Å². The highest BCUT2D eigenvalue weighted by atomic mass is 35.5. The molecule has 2 rings (SSSR count). The van der Waals surface area contributed by atoms with E-state index in [-0.39, 0.29) is 11.4 Å². The van der Waals surface area contributed by atoms with Gasteiger partial charge >= 0.3 is 6.36 Å². The van der Waals surface area contributed by atoms with Crippen LogP contribution in [0.4, 0.5) is 30.4 Å². The molecular weight excluding hydrogens is 295 g/mol. The summed E-state index contributed by atoms with van der Waals surface area (Å²) in [6.45, 7) is 0. The van der Waals surface area contributed by atoms with E-state index in [9.17, 15) is 13.2 Å². The van der Waals surface area contributed by atoms with E-state index in [0.29, 0.717) is 16.5 Å². The van der Waals surface area contributed by atoms with Gasteiger partial charge in [0.2, 0.25) is 0 Å². The lowest BCUT2D eigenvalue weighted by Gasteiger charge is -2.12. The summed E-state index contributed by atoms with van der Waals surface area (Å²) in [7, 11) is 0. The molecule has 4 nitrogen and oxygen atoms in total. The second kappa shape index (κ2) is 5.46. The standard InChI is InChI=1S/C12H9ClF3N3O/c13-7-4-10(17)11(18-6-7)19-8-2-1-3-9(5-8)20-12(14,15)16/h1-6H,17H2,(H,18,19). The Labute approximate surface area is 117 Å². The summed E-state index contributed by atoms with van der Waals surface area (Å²) in [5.74, 6) is -0.0476. The number of anilines is 3. The minimum atomic E-state index is -4.74. The topological polar surface area (TPSA) is 60.2 Å². The number of hydrogen-bond acceptors (Lipinski definition) is 4. The first-order chi connectivity index (χ1) is 9.33. The predicted molar refractivity (Wildman–Crippen MR) is 70.1 cm³/mol. The molecule has 0 saturated carbocycles. The summed E-state index contributed by atoms with van der Waals surface area (Å²) in [5, 5.41) is 3.15. The van der Waals surface area contributed by atoms with Gasteiger partial charge < -0.3 is 15.8 Å². The molecule has 0 saturated heterocycles. The van der Waals surface area contributed by atoms with Gasteiger partial charge in [-0.1, -0.05) is 17.7 Å². The molecule has 1 aromatic heterocycles. The van der Waals surface area contributed by atoms with Crippen LogP contribution in [-0.2, 0) is 0 Å². The van der Waals surface area contributed by atoms with Gasteiger partial charge in [-0.15, -0.1) is 13.2 Å². The van der Waals surface area contributed by atoms with Crippen LogP contribution in [0.1, 0.15) is 0 Å². The molecule has 0 aliphatic heterocycles. The lowest BCUT2D eigenvalue weighted by atomic mass is 10.3. The lowest BCUT2D eigenvalue weighted by molar-refractivity contribution is -0.274. The zero-order valence-electron chi connectivity index (χ0n) is 9.91. The average molecular weight is 304 g/mol. The Morgan fingerprint density at radius 2 is 2.00 bits per heavy atom. The molecule has 3 N–H and O–H groups in total. The lowest BCUT2D eigenvalue weighted by Crippen LogP contribution is -2.17. The van der Waals surface area contributed by atoms with Gasteiger partial charge in [-0.3, -0.25) is 0 Å². The molecule has 1 heterocycles. The normalized spacial score (nSPS) is 11.2. The maximum Gasteiger partial charge on any atom is 0.573 e. The first-order valence-electron chi connectivity index (χ1n) is 5.37. The van der Waals surface area contributed by atoms with Crippen molar-refractivity contribution >= 4 is 28.8 Å². The Morgan fingerprint density at radius 1 is 1.25 bits per heavy atom. The second-order valence-corrected chi connectivity index (χ2v) is 4.23. The van der Waals surface area contributed by atoms with E-state index in [2.05, 4.69) is 15.0 Å². The Kier molecular flexibility index (Phi) is 3.89. The molecule has 106 valence electrons. The van der Waals surface area contributed by atoms with E-state index in [4.69, 9.17) is 17.3 Å². The van der Waals surface area contributed by atoms with Crippen LogP contribution < -0.4 is 15.8 Å². The number of pyridine rings is 1. The molecule has 0 fully saturated rings. The van der Waals surface area contributed by atoms with Crippen molar-refractivity contribution in [3.8, 4) is 5.75 Å². The van der Waals surface area contributed by atoms with Crippen LogP contribution in [-0.4, -0.2) is 11.3 Å². The molecule has 0 aliphatic rings. The fourth-order valence-corrected chi connectivity index (χ4v) is 1.63. The van der Waals surface area contributed by atoms with Crippen molar-refractivity contribution in [3.05, 3.63) is 41.6 Å². The molecule has 8 heteroatoms. The minimum Gasteiger partial charge on any atom is -0.406 e. The van der Waals surface area contributed by atoms with Crippen molar-refractivity contribution in [2.45, 2.75) is 6.36 Å². The van der Waals surface area contributed by atoms with Crippen LogP contribution in [0, 0.1) is 0 Å². The summed E-state index contributed by atoms with van der Waals surface area (Å²) in [5.41, 5.74) is 6.32. The fourth-order valence-electron chi connectivity index (χ4n) is 1.47. The smallest absolute Gasteiger partial charge is 0.406 e. The van der Waals surface area contributed by atoms with Crippen LogP contribution in [0.25, 0.3) is 0 Å². The maximum absolute atomic E-state index is 12.1. The number of aromatic nitrogens is 1. The fraction of sp³-hybridized carbons (Fsp3) is 0.0833. The first kappa shape index (κ1) is 14.3. The van der Waals surface area contributed by atoms with Gasteiger partial charge in [0, 0.05) is 18.0 Å². The van der Waals surface area contributed by atoms with Crippen molar-refractivity contribution in [2.24, 2.45) is 0 Å². The number of nitrogens with two attached hydrogens (primary N) is 1. The number of nitrogen functional groups attached to an aromatic ring is 1. The van der Waals surface area contributed by atoms with Crippen LogP contribution in [0.3, 0.4) is 0 Å². The van der Waals surface area contributed by atoms with Crippen LogP contribution in [0.15, 0.2) is 36.5 Å². The van der Waals surface area contributed by atoms with Gasteiger partial charge in [0.25, 0.3) is 0 Å². The summed E-state index contributed by atoms with van der Waals surface area (Å²) >= 11 is 5.70. The number of ether oxygens (including phenoxy) is 1. The summed E-state index contributed by atoms with van der Waals surface area (Å²) < 4.78 is 40.2. The number of rotatable bonds is 3. The first-order valence-corrected chi connectivity index (χ1v) is 5.75. The van der Waals surface area contributed by atoms with E-state index < -0.39 is 6.36 Å². The van der Waals surface area contributed by atoms with Gasteiger partial charge in [-0.25, -0.2) is 4.98 Å². The molecular formula is C12H9ClF3N3O. The Hall–Kier alpha value is -2.15. The van der Waals surface area contributed by atoms with Crippen molar-refractivity contribution < 1.29 is 17.9 Å². The molecule has 0 radical (unpaired) electrons. The van der Waals surface area contributed by atoms with E-state index in [0.717, 1.165) is 0 Å². The highest BCUT2D eigenvalue weighted by Gasteiger charge is 2.31. The Balaban J connectivity index is 2.19. The van der Waals surface area contributed by atoms with E-state index in [1.807, 2.05) is 0 Å². The van der Waals surface area contributed by atoms with E-state index >= 15 is 0 Å². The SMILES string of the molecule is Nc1cc(Cl)cnc1Nc1cccc(OC(F)(F)F)c1. The summed E-state index contributed by atoms with van der Waals surface area (Å²) in [6.07, 6.45) is -3.37. The van der Waals surface area contributed by atoms with Crippen LogP contribution in [0.5, 0.6) is 5.75 Å². The van der Waals surface area contributed by atoms with Gasteiger partial charge in [-0.2, -0.15) is 0 Å². The average Bonchev–Trinajstić information content (AvgIpc) is 2.31. The maximum atomic E-state index is 12.1. The molecule has 0 atom stereocenters. The van der Waals surface area contributed by atoms with Crippen LogP contribution in [0.2, 0.25) is 5.02 Å². The summed E-state index contributed by atoms with van der Waals surface area (Å²) in [4.78, 5) is 3.95. The third kappa shape index (κ3) is 3.92. The van der Waals surface area contributed by atoms with Gasteiger partial charge in [0.15, 0.2) is 5.82 Å².